The van der Waals surface area contributed by atoms with Crippen molar-refractivity contribution in [2.75, 3.05) is 6.26 Å². The number of Topliss-reactive ketones (excluding diaryl/α,β-unsaturated/α-hetero) is 1. The highest BCUT2D eigenvalue weighted by Gasteiger charge is 2.25. The molecule has 0 aliphatic rings. The van der Waals surface area contributed by atoms with E-state index >= 15 is 0 Å². The Kier molecular flexibility index (Phi) is 6.88. The first kappa shape index (κ1) is 15.6. The first-order chi connectivity index (χ1) is 7.32. The summed E-state index contributed by atoms with van der Waals surface area (Å²) in [6, 6.07) is 0. The van der Waals surface area contributed by atoms with Crippen LogP contribution >= 0.6 is 0 Å². The Bertz CT molecular complexity index is 306. The minimum Gasteiger partial charge on any atom is -0.298 e. The predicted molar refractivity (Wildman–Crippen MR) is 67.2 cm³/mol. The summed E-state index contributed by atoms with van der Waals surface area (Å²) in [4.78, 5) is 11.7. The van der Waals surface area contributed by atoms with Crippen molar-refractivity contribution >= 4 is 15.6 Å². The third-order valence-corrected chi connectivity index (χ3v) is 4.68. The zero-order valence-corrected chi connectivity index (χ0v) is 11.6. The highest BCUT2D eigenvalue weighted by atomic mass is 32.2. The Labute approximate surface area is 99.5 Å². The van der Waals surface area contributed by atoms with Gasteiger partial charge >= 0.3 is 0 Å². The van der Waals surface area contributed by atoms with E-state index in [-0.39, 0.29) is 5.78 Å². The largest absolute Gasteiger partial charge is 0.298 e. The first-order valence-electron chi connectivity index (χ1n) is 6.04. The number of unbranched alkanes of at least 4 members (excludes halogenated alkanes) is 1. The van der Waals surface area contributed by atoms with E-state index in [2.05, 4.69) is 13.8 Å². The normalized spacial score (nSPS) is 15.8. The van der Waals surface area contributed by atoms with E-state index in [9.17, 15) is 13.2 Å². The Hall–Kier alpha value is -0.380. The Morgan fingerprint density at radius 2 is 1.81 bits per heavy atom. The molecular weight excluding hydrogens is 224 g/mol. The molecule has 2 atom stereocenters. The highest BCUT2D eigenvalue weighted by molar-refractivity contribution is 7.92. The fourth-order valence-corrected chi connectivity index (χ4v) is 2.21. The van der Waals surface area contributed by atoms with Gasteiger partial charge in [-0.2, -0.15) is 0 Å². The maximum absolute atomic E-state index is 11.7. The average molecular weight is 248 g/mol. The molecule has 4 heteroatoms. The molecule has 0 aromatic carbocycles. The number of hydrogen-bond donors (Lipinski definition) is 0. The van der Waals surface area contributed by atoms with Crippen LogP contribution in [0.15, 0.2) is 0 Å². The second-order valence-corrected chi connectivity index (χ2v) is 6.92. The molecule has 0 bridgehead atoms. The van der Waals surface area contributed by atoms with Gasteiger partial charge in [-0.05, 0) is 12.8 Å². The molecule has 2 unspecified atom stereocenters. The van der Waals surface area contributed by atoms with Gasteiger partial charge in [-0.25, -0.2) is 8.42 Å². The number of carbonyl (C=O) groups is 1. The first-order valence-corrected chi connectivity index (χ1v) is 7.99. The number of ketones is 1. The third-order valence-electron chi connectivity index (χ3n) is 3.13. The van der Waals surface area contributed by atoms with Crippen LogP contribution in [0, 0.1) is 5.92 Å². The van der Waals surface area contributed by atoms with Crippen LogP contribution in [0.5, 0.6) is 0 Å². The molecule has 0 fully saturated rings. The monoisotopic (exact) mass is 248 g/mol. The summed E-state index contributed by atoms with van der Waals surface area (Å²) in [5.74, 6) is 0.210. The van der Waals surface area contributed by atoms with Crippen LogP contribution in [0.3, 0.4) is 0 Å². The maximum Gasteiger partial charge on any atom is 0.157 e. The lowest BCUT2D eigenvalue weighted by atomic mass is 9.93. The summed E-state index contributed by atoms with van der Waals surface area (Å²) in [5.41, 5.74) is 0. The standard InChI is InChI=1S/C12H24O3S/c1-5-7-8-11(6-2)9-12(13)10(3)16(4,14)15/h10-11H,5-9H2,1-4H3. The summed E-state index contributed by atoms with van der Waals surface area (Å²) < 4.78 is 22.5. The van der Waals surface area contributed by atoms with E-state index in [4.69, 9.17) is 0 Å². The summed E-state index contributed by atoms with van der Waals surface area (Å²) >= 11 is 0. The topological polar surface area (TPSA) is 51.2 Å². The third kappa shape index (κ3) is 5.64. The zero-order chi connectivity index (χ0) is 12.8. The molecule has 0 aromatic rings. The van der Waals surface area contributed by atoms with Crippen molar-refractivity contribution in [3.63, 3.8) is 0 Å². The maximum atomic E-state index is 11.7. The molecule has 0 saturated carbocycles. The summed E-state index contributed by atoms with van der Waals surface area (Å²) in [6.07, 6.45) is 5.73. The molecule has 16 heavy (non-hydrogen) atoms. The van der Waals surface area contributed by atoms with Crippen LogP contribution in [0.25, 0.3) is 0 Å². The Balaban J connectivity index is 4.30. The molecule has 0 aliphatic carbocycles. The highest BCUT2D eigenvalue weighted by Crippen LogP contribution is 2.19. The van der Waals surface area contributed by atoms with Crippen LogP contribution in [-0.4, -0.2) is 25.7 Å². The number of rotatable bonds is 8. The van der Waals surface area contributed by atoms with E-state index in [1.165, 1.54) is 6.92 Å². The van der Waals surface area contributed by atoms with Gasteiger partial charge in [0.1, 0.15) is 5.25 Å². The van der Waals surface area contributed by atoms with Gasteiger partial charge in [0, 0.05) is 12.7 Å². The molecule has 0 aliphatic heterocycles. The van der Waals surface area contributed by atoms with Crippen molar-refractivity contribution in [1.29, 1.82) is 0 Å². The fraction of sp³-hybridized carbons (Fsp3) is 0.917. The Morgan fingerprint density at radius 3 is 2.19 bits per heavy atom. The molecule has 0 rings (SSSR count). The quantitative estimate of drug-likeness (QED) is 0.663. The summed E-state index contributed by atoms with van der Waals surface area (Å²) in [7, 11) is -3.23. The molecular formula is C12H24O3S. The molecule has 0 saturated heterocycles. The lowest BCUT2D eigenvalue weighted by Crippen LogP contribution is -2.27. The van der Waals surface area contributed by atoms with Crippen LogP contribution in [0.4, 0.5) is 0 Å². The van der Waals surface area contributed by atoms with Crippen molar-refractivity contribution in [2.45, 2.75) is 58.1 Å². The molecule has 0 spiro atoms. The van der Waals surface area contributed by atoms with E-state index in [1.54, 1.807) is 0 Å². The molecule has 0 N–H and O–H groups in total. The lowest BCUT2D eigenvalue weighted by Gasteiger charge is -2.15. The van der Waals surface area contributed by atoms with Gasteiger partial charge in [-0.3, -0.25) is 4.79 Å². The summed E-state index contributed by atoms with van der Waals surface area (Å²) in [6.45, 7) is 5.66. The van der Waals surface area contributed by atoms with Gasteiger partial charge in [-0.1, -0.05) is 39.5 Å². The predicted octanol–water partition coefficient (Wildman–Crippen LogP) is 2.60. The van der Waals surface area contributed by atoms with Crippen molar-refractivity contribution in [1.82, 2.24) is 0 Å². The molecule has 3 nitrogen and oxygen atoms in total. The zero-order valence-electron chi connectivity index (χ0n) is 10.8. The van der Waals surface area contributed by atoms with Gasteiger partial charge < -0.3 is 0 Å². The minimum absolute atomic E-state index is 0.134. The second-order valence-electron chi connectivity index (χ2n) is 4.56. The molecule has 0 aromatic heterocycles. The summed E-state index contributed by atoms with van der Waals surface area (Å²) in [5, 5.41) is -0.844. The van der Waals surface area contributed by atoms with Crippen LogP contribution in [0.2, 0.25) is 0 Å². The van der Waals surface area contributed by atoms with E-state index in [0.717, 1.165) is 31.9 Å². The smallest absolute Gasteiger partial charge is 0.157 e. The Morgan fingerprint density at radius 1 is 1.25 bits per heavy atom. The van der Waals surface area contributed by atoms with E-state index < -0.39 is 15.1 Å². The van der Waals surface area contributed by atoms with Gasteiger partial charge in [0.15, 0.2) is 15.6 Å². The van der Waals surface area contributed by atoms with Crippen LogP contribution < -0.4 is 0 Å². The number of carbonyl (C=O) groups excluding carboxylic acids is 1. The van der Waals surface area contributed by atoms with Crippen molar-refractivity contribution in [2.24, 2.45) is 5.92 Å². The lowest BCUT2D eigenvalue weighted by molar-refractivity contribution is -0.119. The van der Waals surface area contributed by atoms with Crippen molar-refractivity contribution < 1.29 is 13.2 Å². The van der Waals surface area contributed by atoms with Gasteiger partial charge in [0.05, 0.1) is 0 Å². The molecule has 0 heterocycles. The number of hydrogen-bond acceptors (Lipinski definition) is 3. The fourth-order valence-electron chi connectivity index (χ4n) is 1.63. The van der Waals surface area contributed by atoms with Gasteiger partial charge in [0.25, 0.3) is 0 Å². The number of sulfone groups is 1. The van der Waals surface area contributed by atoms with Crippen LogP contribution in [0.1, 0.15) is 52.9 Å². The average Bonchev–Trinajstić information content (AvgIpc) is 2.21. The molecule has 0 radical (unpaired) electrons. The van der Waals surface area contributed by atoms with Crippen LogP contribution in [-0.2, 0) is 14.6 Å². The van der Waals surface area contributed by atoms with Crippen molar-refractivity contribution in [3.05, 3.63) is 0 Å². The van der Waals surface area contributed by atoms with Gasteiger partial charge in [0.2, 0.25) is 0 Å². The molecule has 0 amide bonds. The SMILES string of the molecule is CCCCC(CC)CC(=O)C(C)S(C)(=O)=O. The van der Waals surface area contributed by atoms with E-state index in [0.29, 0.717) is 12.3 Å². The minimum atomic E-state index is -3.23. The second kappa shape index (κ2) is 7.05. The van der Waals surface area contributed by atoms with Gasteiger partial charge in [-0.15, -0.1) is 0 Å². The van der Waals surface area contributed by atoms with E-state index in [1.807, 2.05) is 0 Å². The van der Waals surface area contributed by atoms with Crippen molar-refractivity contribution in [3.8, 4) is 0 Å². The molecule has 96 valence electrons.